The molecule has 1 nitrogen and oxygen atoms in total. The van der Waals surface area contributed by atoms with Gasteiger partial charge < -0.3 is 5.73 Å². The Hall–Kier alpha value is -0.0400. The van der Waals surface area contributed by atoms with Gasteiger partial charge in [-0.15, -0.1) is 0 Å². The van der Waals surface area contributed by atoms with Crippen molar-refractivity contribution >= 4 is 0 Å². The van der Waals surface area contributed by atoms with Gasteiger partial charge in [0.2, 0.25) is 0 Å². The molecule has 20 heavy (non-hydrogen) atoms. The third kappa shape index (κ3) is 1.49. The Balaban J connectivity index is 1.68. The molecule has 4 saturated carbocycles. The predicted octanol–water partition coefficient (Wildman–Crippen LogP) is 5.18. The molecule has 4 fully saturated rings. The Morgan fingerprint density at radius 3 is 1.40 bits per heavy atom. The molecule has 1 heteroatoms. The van der Waals surface area contributed by atoms with Gasteiger partial charge >= 0.3 is 0 Å². The van der Waals surface area contributed by atoms with Crippen LogP contribution < -0.4 is 5.73 Å². The normalized spacial score (nSPS) is 35.2. The van der Waals surface area contributed by atoms with E-state index in [1.54, 1.807) is 0 Å². The first-order valence-electron chi connectivity index (χ1n) is 9.56. The van der Waals surface area contributed by atoms with Crippen molar-refractivity contribution in [3.8, 4) is 0 Å². The van der Waals surface area contributed by atoms with Crippen LogP contribution in [0, 0.1) is 16.7 Å². The van der Waals surface area contributed by atoms with Crippen LogP contribution in [0.5, 0.6) is 0 Å². The van der Waals surface area contributed by atoms with Crippen LogP contribution >= 0.6 is 0 Å². The van der Waals surface area contributed by atoms with Crippen LogP contribution in [-0.2, 0) is 0 Å². The summed E-state index contributed by atoms with van der Waals surface area (Å²) in [6, 6.07) is 0. The van der Waals surface area contributed by atoms with E-state index in [-0.39, 0.29) is 5.54 Å². The van der Waals surface area contributed by atoms with Crippen LogP contribution in [0.1, 0.15) is 96.3 Å². The monoisotopic (exact) mass is 275 g/mol. The van der Waals surface area contributed by atoms with E-state index in [0.717, 1.165) is 5.92 Å². The van der Waals surface area contributed by atoms with Crippen LogP contribution in [0.2, 0.25) is 0 Å². The van der Waals surface area contributed by atoms with Gasteiger partial charge in [-0.25, -0.2) is 0 Å². The average Bonchev–Trinajstić information content (AvgIpc) is 2.94. The lowest BCUT2D eigenvalue weighted by atomic mass is 9.73. The van der Waals surface area contributed by atoms with E-state index in [4.69, 9.17) is 5.73 Å². The Labute approximate surface area is 125 Å². The molecule has 0 heterocycles. The standard InChI is InChI=1S/C19H33N/c20-19(16-10-4-1-5-11-16)17(12-6-2-7-13-17)18(19)14-8-3-9-15-18/h16H,1-15,20H2. The van der Waals surface area contributed by atoms with Crippen molar-refractivity contribution in [2.45, 2.75) is 102 Å². The zero-order valence-electron chi connectivity index (χ0n) is 13.3. The van der Waals surface area contributed by atoms with Crippen molar-refractivity contribution in [1.29, 1.82) is 0 Å². The van der Waals surface area contributed by atoms with Crippen LogP contribution in [0.25, 0.3) is 0 Å². The highest BCUT2D eigenvalue weighted by Gasteiger charge is 2.84. The van der Waals surface area contributed by atoms with Crippen molar-refractivity contribution in [2.24, 2.45) is 22.5 Å². The molecule has 0 aromatic carbocycles. The summed E-state index contributed by atoms with van der Waals surface area (Å²) in [5.41, 5.74) is 8.76. The molecule has 4 aliphatic carbocycles. The van der Waals surface area contributed by atoms with Crippen LogP contribution in [0.3, 0.4) is 0 Å². The molecule has 0 saturated heterocycles. The number of hydrogen-bond acceptors (Lipinski definition) is 1. The van der Waals surface area contributed by atoms with Gasteiger partial charge in [0.25, 0.3) is 0 Å². The van der Waals surface area contributed by atoms with E-state index >= 15 is 0 Å². The second-order valence-corrected chi connectivity index (χ2v) is 8.49. The molecular formula is C19H33N. The number of hydrogen-bond donors (Lipinski definition) is 1. The lowest BCUT2D eigenvalue weighted by molar-refractivity contribution is 0.196. The maximum atomic E-state index is 7.34. The van der Waals surface area contributed by atoms with Crippen molar-refractivity contribution in [3.05, 3.63) is 0 Å². The minimum Gasteiger partial charge on any atom is -0.324 e. The zero-order chi connectivity index (χ0) is 13.7. The van der Waals surface area contributed by atoms with E-state index in [1.165, 1.54) is 96.3 Å². The summed E-state index contributed by atoms with van der Waals surface area (Å²) in [5.74, 6) is 0.868. The molecule has 0 radical (unpaired) electrons. The molecule has 4 rings (SSSR count). The molecule has 0 atom stereocenters. The van der Waals surface area contributed by atoms with Crippen molar-refractivity contribution < 1.29 is 0 Å². The fourth-order valence-corrected chi connectivity index (χ4v) is 7.34. The molecule has 0 aliphatic heterocycles. The first-order chi connectivity index (χ1) is 9.77. The molecule has 0 aromatic heterocycles. The maximum Gasteiger partial charge on any atom is 0.0309 e. The molecule has 2 spiro atoms. The molecule has 0 aromatic rings. The van der Waals surface area contributed by atoms with Crippen molar-refractivity contribution in [1.82, 2.24) is 0 Å². The van der Waals surface area contributed by atoms with E-state index in [9.17, 15) is 0 Å². The Kier molecular flexibility index (Phi) is 3.22. The molecule has 114 valence electrons. The molecule has 0 unspecified atom stereocenters. The molecular weight excluding hydrogens is 242 g/mol. The third-order valence-corrected chi connectivity index (χ3v) is 8.10. The summed E-state index contributed by atoms with van der Waals surface area (Å²) >= 11 is 0. The van der Waals surface area contributed by atoms with Crippen molar-refractivity contribution in [3.63, 3.8) is 0 Å². The topological polar surface area (TPSA) is 26.0 Å². The number of rotatable bonds is 1. The van der Waals surface area contributed by atoms with Gasteiger partial charge in [0, 0.05) is 5.54 Å². The Morgan fingerprint density at radius 2 is 0.950 bits per heavy atom. The number of fused-ring (bicyclic) bond motifs is 1. The average molecular weight is 275 g/mol. The van der Waals surface area contributed by atoms with Gasteiger partial charge in [0.1, 0.15) is 0 Å². The van der Waals surface area contributed by atoms with Gasteiger partial charge in [-0.1, -0.05) is 57.8 Å². The highest BCUT2D eigenvalue weighted by atomic mass is 15.0. The minimum absolute atomic E-state index is 0.251. The quantitative estimate of drug-likeness (QED) is 0.701. The smallest absolute Gasteiger partial charge is 0.0309 e. The number of nitrogens with two attached hydrogens (primary N) is 1. The highest BCUT2D eigenvalue weighted by molar-refractivity contribution is 5.37. The summed E-state index contributed by atoms with van der Waals surface area (Å²) < 4.78 is 0. The first-order valence-corrected chi connectivity index (χ1v) is 9.56. The minimum atomic E-state index is 0.251. The van der Waals surface area contributed by atoms with Gasteiger partial charge in [-0.2, -0.15) is 0 Å². The second-order valence-electron chi connectivity index (χ2n) is 8.49. The Morgan fingerprint density at radius 1 is 0.550 bits per heavy atom. The molecule has 0 bridgehead atoms. The van der Waals surface area contributed by atoms with E-state index in [2.05, 4.69) is 0 Å². The maximum absolute atomic E-state index is 7.34. The van der Waals surface area contributed by atoms with E-state index in [1.807, 2.05) is 0 Å². The van der Waals surface area contributed by atoms with E-state index in [0.29, 0.717) is 10.8 Å². The van der Waals surface area contributed by atoms with E-state index < -0.39 is 0 Å². The zero-order valence-corrected chi connectivity index (χ0v) is 13.3. The summed E-state index contributed by atoms with van der Waals surface area (Å²) in [7, 11) is 0. The summed E-state index contributed by atoms with van der Waals surface area (Å²) in [4.78, 5) is 0. The first kappa shape index (κ1) is 13.6. The molecule has 2 N–H and O–H groups in total. The van der Waals surface area contributed by atoms with Crippen LogP contribution in [0.4, 0.5) is 0 Å². The lowest BCUT2D eigenvalue weighted by Crippen LogP contribution is -2.43. The summed E-state index contributed by atoms with van der Waals surface area (Å²) in [6.07, 6.45) is 22.0. The fraction of sp³-hybridized carbons (Fsp3) is 1.00. The lowest BCUT2D eigenvalue weighted by Gasteiger charge is -2.35. The molecule has 4 aliphatic rings. The van der Waals surface area contributed by atoms with Gasteiger partial charge in [0.15, 0.2) is 0 Å². The van der Waals surface area contributed by atoms with Crippen LogP contribution in [0.15, 0.2) is 0 Å². The van der Waals surface area contributed by atoms with Gasteiger partial charge in [-0.05, 0) is 55.3 Å². The summed E-state index contributed by atoms with van der Waals surface area (Å²) in [6.45, 7) is 0. The Bertz CT molecular complexity index is 330. The third-order valence-electron chi connectivity index (χ3n) is 8.10. The SMILES string of the molecule is NC1(C2CCCCC2)C2(CCCCC2)C12CCCCC2. The predicted molar refractivity (Wildman–Crippen MR) is 84.5 cm³/mol. The van der Waals surface area contributed by atoms with Crippen molar-refractivity contribution in [2.75, 3.05) is 0 Å². The molecule has 0 amide bonds. The van der Waals surface area contributed by atoms with Gasteiger partial charge in [-0.3, -0.25) is 0 Å². The van der Waals surface area contributed by atoms with Crippen LogP contribution in [-0.4, -0.2) is 5.54 Å². The fourth-order valence-electron chi connectivity index (χ4n) is 7.34. The summed E-state index contributed by atoms with van der Waals surface area (Å²) in [5, 5.41) is 0. The second kappa shape index (κ2) is 4.73. The highest BCUT2D eigenvalue weighted by Crippen LogP contribution is 2.83. The van der Waals surface area contributed by atoms with Gasteiger partial charge in [0.05, 0.1) is 0 Å². The largest absolute Gasteiger partial charge is 0.324 e.